The van der Waals surface area contributed by atoms with E-state index in [9.17, 15) is 5.11 Å². The van der Waals surface area contributed by atoms with Gasteiger partial charge < -0.3 is 14.4 Å². The molecule has 0 saturated heterocycles. The van der Waals surface area contributed by atoms with Gasteiger partial charge >= 0.3 is 0 Å². The maximum atomic E-state index is 9.27. The van der Waals surface area contributed by atoms with Crippen LogP contribution in [0.3, 0.4) is 0 Å². The van der Waals surface area contributed by atoms with Crippen molar-refractivity contribution in [1.29, 1.82) is 0 Å². The highest BCUT2D eigenvalue weighted by Crippen LogP contribution is 1.95. The van der Waals surface area contributed by atoms with E-state index in [1.807, 2.05) is 4.57 Å². The van der Waals surface area contributed by atoms with Crippen LogP contribution in [-0.2, 0) is 11.3 Å². The van der Waals surface area contributed by atoms with Gasteiger partial charge in [0.25, 0.3) is 0 Å². The quantitative estimate of drug-likeness (QED) is 0.659. The van der Waals surface area contributed by atoms with Gasteiger partial charge in [0.15, 0.2) is 0 Å². The summed E-state index contributed by atoms with van der Waals surface area (Å²) in [5.41, 5.74) is 0. The summed E-state index contributed by atoms with van der Waals surface area (Å²) in [6.07, 6.45) is 3.50. The summed E-state index contributed by atoms with van der Waals surface area (Å²) in [4.78, 5) is 0. The van der Waals surface area contributed by atoms with Gasteiger partial charge in [0.05, 0.1) is 12.7 Å². The van der Waals surface area contributed by atoms with Crippen LogP contribution in [0.4, 0.5) is 0 Å². The summed E-state index contributed by atoms with van der Waals surface area (Å²) in [5.74, 6) is 0. The average molecular weight is 171 g/mol. The van der Waals surface area contributed by atoms with Gasteiger partial charge in [-0.3, -0.25) is 0 Å². The Kier molecular flexibility index (Phi) is 3.69. The molecule has 0 aliphatic heterocycles. The van der Waals surface area contributed by atoms with Crippen molar-refractivity contribution in [2.75, 3.05) is 13.7 Å². The predicted octanol–water partition coefficient (Wildman–Crippen LogP) is -0.325. The van der Waals surface area contributed by atoms with Gasteiger partial charge in [-0.2, -0.15) is 0 Å². The van der Waals surface area contributed by atoms with E-state index < -0.39 is 6.10 Å². The molecule has 1 unspecified atom stereocenters. The van der Waals surface area contributed by atoms with Gasteiger partial charge in [-0.25, -0.2) is 0 Å². The number of aryl methyl sites for hydroxylation is 1. The molecule has 1 aromatic rings. The van der Waals surface area contributed by atoms with E-state index in [2.05, 4.69) is 10.2 Å². The maximum absolute atomic E-state index is 9.27. The molecule has 0 amide bonds. The zero-order valence-electron chi connectivity index (χ0n) is 7.05. The number of aliphatic hydroxyl groups excluding tert-OH is 1. The van der Waals surface area contributed by atoms with Crippen LogP contribution in [0.15, 0.2) is 12.7 Å². The minimum Gasteiger partial charge on any atom is -0.391 e. The van der Waals surface area contributed by atoms with Crippen molar-refractivity contribution >= 4 is 0 Å². The molecule has 1 rings (SSSR count). The molecule has 0 spiro atoms. The van der Waals surface area contributed by atoms with Crippen molar-refractivity contribution in [2.45, 2.75) is 19.1 Å². The number of hydrogen-bond donors (Lipinski definition) is 1. The zero-order valence-corrected chi connectivity index (χ0v) is 7.05. The molecule has 1 aromatic heterocycles. The Balaban J connectivity index is 2.17. The molecule has 1 atom stereocenters. The molecule has 1 heterocycles. The fourth-order valence-corrected chi connectivity index (χ4v) is 0.911. The van der Waals surface area contributed by atoms with Gasteiger partial charge in [0.1, 0.15) is 12.7 Å². The Morgan fingerprint density at radius 2 is 2.17 bits per heavy atom. The highest BCUT2D eigenvalue weighted by Gasteiger charge is 2.02. The molecular weight excluding hydrogens is 158 g/mol. The lowest BCUT2D eigenvalue weighted by atomic mass is 10.3. The number of aromatic nitrogens is 3. The van der Waals surface area contributed by atoms with Crippen LogP contribution in [-0.4, -0.2) is 39.7 Å². The molecule has 0 aliphatic carbocycles. The van der Waals surface area contributed by atoms with E-state index in [1.165, 1.54) is 0 Å². The lowest BCUT2D eigenvalue weighted by molar-refractivity contribution is 0.0565. The highest BCUT2D eigenvalue weighted by molar-refractivity contribution is 4.62. The van der Waals surface area contributed by atoms with Gasteiger partial charge in [-0.1, -0.05) is 0 Å². The number of rotatable bonds is 5. The second-order valence-electron chi connectivity index (χ2n) is 2.60. The van der Waals surface area contributed by atoms with Crippen LogP contribution in [0.2, 0.25) is 0 Å². The van der Waals surface area contributed by atoms with E-state index in [-0.39, 0.29) is 0 Å². The van der Waals surface area contributed by atoms with Crippen LogP contribution in [0.1, 0.15) is 6.42 Å². The van der Waals surface area contributed by atoms with E-state index in [0.29, 0.717) is 13.0 Å². The SMILES string of the molecule is COCC(O)CCn1cnnc1. The normalized spacial score (nSPS) is 13.2. The van der Waals surface area contributed by atoms with Crippen LogP contribution < -0.4 is 0 Å². The lowest BCUT2D eigenvalue weighted by Crippen LogP contribution is -2.16. The number of aliphatic hydroxyl groups is 1. The summed E-state index contributed by atoms with van der Waals surface area (Å²) in [7, 11) is 1.57. The Hall–Kier alpha value is -0.940. The molecular formula is C7H13N3O2. The fourth-order valence-electron chi connectivity index (χ4n) is 0.911. The van der Waals surface area contributed by atoms with E-state index >= 15 is 0 Å². The maximum Gasteiger partial charge on any atom is 0.119 e. The van der Waals surface area contributed by atoms with Crippen LogP contribution in [0.5, 0.6) is 0 Å². The van der Waals surface area contributed by atoms with E-state index in [1.54, 1.807) is 19.8 Å². The summed E-state index contributed by atoms with van der Waals surface area (Å²) < 4.78 is 6.60. The van der Waals surface area contributed by atoms with Crippen LogP contribution >= 0.6 is 0 Å². The second kappa shape index (κ2) is 4.84. The van der Waals surface area contributed by atoms with Crippen LogP contribution in [0.25, 0.3) is 0 Å². The van der Waals surface area contributed by atoms with Crippen molar-refractivity contribution in [3.63, 3.8) is 0 Å². The van der Waals surface area contributed by atoms with Crippen LogP contribution in [0, 0.1) is 0 Å². The first-order valence-corrected chi connectivity index (χ1v) is 3.82. The molecule has 0 aromatic carbocycles. The van der Waals surface area contributed by atoms with Crippen molar-refractivity contribution in [1.82, 2.24) is 14.8 Å². The first-order chi connectivity index (χ1) is 5.83. The third-order valence-electron chi connectivity index (χ3n) is 1.55. The van der Waals surface area contributed by atoms with Gasteiger partial charge in [0, 0.05) is 13.7 Å². The summed E-state index contributed by atoms with van der Waals surface area (Å²) in [5, 5.41) is 16.6. The number of ether oxygens (including phenoxy) is 1. The van der Waals surface area contributed by atoms with Gasteiger partial charge in [0.2, 0.25) is 0 Å². The molecule has 0 saturated carbocycles. The lowest BCUT2D eigenvalue weighted by Gasteiger charge is -2.08. The smallest absolute Gasteiger partial charge is 0.119 e. The monoisotopic (exact) mass is 171 g/mol. The van der Waals surface area contributed by atoms with Crippen molar-refractivity contribution in [3.8, 4) is 0 Å². The Morgan fingerprint density at radius 1 is 1.50 bits per heavy atom. The standard InChI is InChI=1S/C7H13N3O2/c1-12-4-7(11)2-3-10-5-8-9-6-10/h5-7,11H,2-4H2,1H3. The Labute approximate surface area is 71.0 Å². The molecule has 0 radical (unpaired) electrons. The molecule has 5 nitrogen and oxygen atoms in total. The van der Waals surface area contributed by atoms with Gasteiger partial charge in [-0.05, 0) is 6.42 Å². The predicted molar refractivity (Wildman–Crippen MR) is 42.5 cm³/mol. The molecule has 1 N–H and O–H groups in total. The summed E-state index contributed by atoms with van der Waals surface area (Å²) in [6.45, 7) is 1.10. The average Bonchev–Trinajstić information content (AvgIpc) is 2.53. The molecule has 68 valence electrons. The van der Waals surface area contributed by atoms with Crippen molar-refractivity contribution in [2.24, 2.45) is 0 Å². The third kappa shape index (κ3) is 2.98. The van der Waals surface area contributed by atoms with Crippen molar-refractivity contribution in [3.05, 3.63) is 12.7 Å². The molecule has 0 bridgehead atoms. The first kappa shape index (κ1) is 9.15. The summed E-state index contributed by atoms with van der Waals surface area (Å²) >= 11 is 0. The Morgan fingerprint density at radius 3 is 2.75 bits per heavy atom. The zero-order chi connectivity index (χ0) is 8.81. The number of methoxy groups -OCH3 is 1. The van der Waals surface area contributed by atoms with Crippen molar-refractivity contribution < 1.29 is 9.84 Å². The van der Waals surface area contributed by atoms with Gasteiger partial charge in [-0.15, -0.1) is 10.2 Å². The number of hydrogen-bond acceptors (Lipinski definition) is 4. The topological polar surface area (TPSA) is 60.2 Å². The second-order valence-corrected chi connectivity index (χ2v) is 2.60. The minimum atomic E-state index is -0.405. The minimum absolute atomic E-state index is 0.377. The third-order valence-corrected chi connectivity index (χ3v) is 1.55. The fraction of sp³-hybridized carbons (Fsp3) is 0.714. The van der Waals surface area contributed by atoms with E-state index in [0.717, 1.165) is 6.54 Å². The molecule has 0 fully saturated rings. The Bertz CT molecular complexity index is 200. The number of nitrogens with zero attached hydrogens (tertiary/aromatic N) is 3. The van der Waals surface area contributed by atoms with E-state index in [4.69, 9.17) is 4.74 Å². The highest BCUT2D eigenvalue weighted by atomic mass is 16.5. The molecule has 12 heavy (non-hydrogen) atoms. The molecule has 0 aliphatic rings. The molecule has 5 heteroatoms. The first-order valence-electron chi connectivity index (χ1n) is 3.82. The summed E-state index contributed by atoms with van der Waals surface area (Å²) in [6, 6.07) is 0. The largest absolute Gasteiger partial charge is 0.391 e.